The van der Waals surface area contributed by atoms with Crippen molar-refractivity contribution in [1.82, 2.24) is 10.3 Å². The van der Waals surface area contributed by atoms with Crippen molar-refractivity contribution in [1.29, 1.82) is 0 Å². The number of nitrogens with zero attached hydrogens (tertiary/aromatic N) is 2. The van der Waals surface area contributed by atoms with E-state index in [0.29, 0.717) is 21.0 Å². The smallest absolute Gasteiger partial charge is 0.241 e. The summed E-state index contributed by atoms with van der Waals surface area (Å²) in [5.74, 6) is -0.271. The molecule has 3 rings (SSSR count). The molecule has 1 heterocycles. The zero-order chi connectivity index (χ0) is 20.3. The molecule has 146 valence electrons. The van der Waals surface area contributed by atoms with Crippen molar-refractivity contribution in [2.75, 3.05) is 0 Å². The average molecular weight is 466 g/mol. The zero-order valence-electron chi connectivity index (χ0n) is 15.1. The number of carbonyl (C=O) groups is 2. The minimum Gasteiger partial charge on any atom is -0.488 e. The highest BCUT2D eigenvalue weighted by Gasteiger charge is 2.32. The van der Waals surface area contributed by atoms with Crippen molar-refractivity contribution < 1.29 is 18.7 Å². The van der Waals surface area contributed by atoms with Gasteiger partial charge in [0.1, 0.15) is 23.5 Å². The zero-order valence-corrected chi connectivity index (χ0v) is 17.5. The summed E-state index contributed by atoms with van der Waals surface area (Å²) in [5, 5.41) is 8.05. The van der Waals surface area contributed by atoms with E-state index in [1.165, 1.54) is 36.7 Å². The third-order valence-electron chi connectivity index (χ3n) is 3.83. The maximum absolute atomic E-state index is 13.7. The Morgan fingerprint density at radius 1 is 1.29 bits per heavy atom. The molecule has 0 saturated heterocycles. The number of ether oxygens (including phenoxy) is 1. The lowest BCUT2D eigenvalue weighted by molar-refractivity contribution is -0.129. The molecule has 2 aromatic rings. The van der Waals surface area contributed by atoms with Crippen LogP contribution in [0.1, 0.15) is 30.3 Å². The molecule has 1 aliphatic heterocycles. The second-order valence-electron chi connectivity index (χ2n) is 5.99. The van der Waals surface area contributed by atoms with Crippen molar-refractivity contribution in [2.45, 2.75) is 25.8 Å². The van der Waals surface area contributed by atoms with E-state index in [1.54, 1.807) is 30.3 Å². The molecule has 1 aliphatic rings. The second-order valence-corrected chi connectivity index (χ2v) is 7.91. The van der Waals surface area contributed by atoms with Gasteiger partial charge in [-0.05, 0) is 39.7 Å². The highest BCUT2D eigenvalue weighted by molar-refractivity contribution is 9.10. The number of hydrogen-bond acceptors (Lipinski definition) is 5. The van der Waals surface area contributed by atoms with Gasteiger partial charge in [-0.2, -0.15) is 0 Å². The fraction of sp³-hybridized carbons (Fsp3) is 0.211. The first kappa shape index (κ1) is 20.3. The van der Waals surface area contributed by atoms with Gasteiger partial charge in [-0.25, -0.2) is 9.40 Å². The van der Waals surface area contributed by atoms with E-state index in [4.69, 9.17) is 4.74 Å². The first-order valence-corrected chi connectivity index (χ1v) is 10.0. The Balaban J connectivity index is 1.75. The van der Waals surface area contributed by atoms with Gasteiger partial charge in [0.25, 0.3) is 0 Å². The molecule has 0 aromatic heterocycles. The molecule has 28 heavy (non-hydrogen) atoms. The molecule has 0 radical (unpaired) electrons. The van der Waals surface area contributed by atoms with Crippen LogP contribution in [0.2, 0.25) is 0 Å². The molecule has 0 saturated carbocycles. The van der Waals surface area contributed by atoms with Crippen LogP contribution < -0.4 is 10.1 Å². The lowest BCUT2D eigenvalue weighted by Gasteiger charge is -2.20. The third-order valence-corrected chi connectivity index (χ3v) is 5.55. The molecule has 2 amide bonds. The summed E-state index contributed by atoms with van der Waals surface area (Å²) < 4.78 is 20.1. The van der Waals surface area contributed by atoms with E-state index in [0.717, 1.165) is 5.56 Å². The van der Waals surface area contributed by atoms with Crippen LogP contribution in [0.5, 0.6) is 5.75 Å². The standard InChI is InChI=1S/C19H17BrFN3O3S/c1-11(25)22-19-23-24(12(2)26)18(28-19)13-7-8-17(15(20)9-13)27-10-14-5-3-4-6-16(14)21/h3-9,18H,10H2,1-2H3,(H,22,23,25)/t18-/m1/s1. The summed E-state index contributed by atoms with van der Waals surface area (Å²) in [6, 6.07) is 11.8. The molecule has 2 aromatic carbocycles. The Hall–Kier alpha value is -2.39. The molecule has 0 spiro atoms. The number of hydrogen-bond donors (Lipinski definition) is 1. The summed E-state index contributed by atoms with van der Waals surface area (Å²) >= 11 is 4.73. The van der Waals surface area contributed by atoms with Crippen molar-refractivity contribution >= 4 is 44.7 Å². The highest BCUT2D eigenvalue weighted by atomic mass is 79.9. The van der Waals surface area contributed by atoms with E-state index >= 15 is 0 Å². The Morgan fingerprint density at radius 2 is 2.04 bits per heavy atom. The van der Waals surface area contributed by atoms with Gasteiger partial charge in [-0.15, -0.1) is 5.10 Å². The lowest BCUT2D eigenvalue weighted by Crippen LogP contribution is -2.25. The Morgan fingerprint density at radius 3 is 2.68 bits per heavy atom. The lowest BCUT2D eigenvalue weighted by atomic mass is 10.2. The molecule has 0 fully saturated rings. The topological polar surface area (TPSA) is 71.0 Å². The van der Waals surface area contributed by atoms with Crippen molar-refractivity contribution in [3.8, 4) is 5.75 Å². The average Bonchev–Trinajstić information content (AvgIpc) is 3.05. The van der Waals surface area contributed by atoms with Crippen molar-refractivity contribution in [3.63, 3.8) is 0 Å². The Kier molecular flexibility index (Phi) is 6.35. The number of halogens is 2. The largest absolute Gasteiger partial charge is 0.488 e. The maximum Gasteiger partial charge on any atom is 0.241 e. The normalized spacial score (nSPS) is 15.9. The molecule has 9 heteroatoms. The third kappa shape index (κ3) is 4.71. The number of hydrazone groups is 1. The number of rotatable bonds is 4. The number of benzene rings is 2. The number of amides is 2. The van der Waals surface area contributed by atoms with E-state index in [9.17, 15) is 14.0 Å². The molecule has 0 unspecified atom stereocenters. The van der Waals surface area contributed by atoms with Crippen LogP contribution in [-0.4, -0.2) is 22.0 Å². The first-order chi connectivity index (χ1) is 13.3. The van der Waals surface area contributed by atoms with Crippen LogP contribution in [-0.2, 0) is 16.2 Å². The van der Waals surface area contributed by atoms with E-state index in [2.05, 4.69) is 26.3 Å². The molecular weight excluding hydrogens is 449 g/mol. The second kappa shape index (κ2) is 8.74. The summed E-state index contributed by atoms with van der Waals surface area (Å²) in [6.45, 7) is 2.89. The predicted molar refractivity (Wildman–Crippen MR) is 109 cm³/mol. The van der Waals surface area contributed by atoms with Gasteiger partial charge in [0.2, 0.25) is 11.8 Å². The van der Waals surface area contributed by atoms with Gasteiger partial charge >= 0.3 is 0 Å². The monoisotopic (exact) mass is 465 g/mol. The molecule has 1 N–H and O–H groups in total. The summed E-state index contributed by atoms with van der Waals surface area (Å²) in [4.78, 5) is 23.2. The quantitative estimate of drug-likeness (QED) is 0.735. The predicted octanol–water partition coefficient (Wildman–Crippen LogP) is 4.17. The fourth-order valence-electron chi connectivity index (χ4n) is 2.54. The molecule has 0 bridgehead atoms. The number of thioether (sulfide) groups is 1. The fourth-order valence-corrected chi connectivity index (χ4v) is 4.18. The van der Waals surface area contributed by atoms with Gasteiger partial charge in [0, 0.05) is 19.4 Å². The minimum atomic E-state index is -0.406. The van der Waals surface area contributed by atoms with Crippen LogP contribution >= 0.6 is 27.7 Å². The van der Waals surface area contributed by atoms with Crippen molar-refractivity contribution in [2.24, 2.45) is 5.10 Å². The van der Waals surface area contributed by atoms with Gasteiger partial charge < -0.3 is 10.1 Å². The van der Waals surface area contributed by atoms with E-state index in [-0.39, 0.29) is 24.2 Å². The van der Waals surface area contributed by atoms with Crippen LogP contribution in [0.15, 0.2) is 52.0 Å². The van der Waals surface area contributed by atoms with Crippen LogP contribution in [0.3, 0.4) is 0 Å². The number of nitrogens with one attached hydrogen (secondary N) is 1. The number of amidine groups is 1. The maximum atomic E-state index is 13.7. The van der Waals surface area contributed by atoms with Crippen LogP contribution in [0.4, 0.5) is 4.39 Å². The van der Waals surface area contributed by atoms with Gasteiger partial charge in [-0.3, -0.25) is 9.59 Å². The Labute approximate surface area is 174 Å². The molecule has 6 nitrogen and oxygen atoms in total. The molecular formula is C19H17BrFN3O3S. The Bertz CT molecular complexity index is 954. The minimum absolute atomic E-state index is 0.0954. The summed E-state index contributed by atoms with van der Waals surface area (Å²) in [7, 11) is 0. The van der Waals surface area contributed by atoms with Gasteiger partial charge in [0.15, 0.2) is 5.17 Å². The highest BCUT2D eigenvalue weighted by Crippen LogP contribution is 2.41. The van der Waals surface area contributed by atoms with Crippen LogP contribution in [0, 0.1) is 5.82 Å². The van der Waals surface area contributed by atoms with Gasteiger partial charge in [0.05, 0.1) is 4.47 Å². The van der Waals surface area contributed by atoms with Crippen LogP contribution in [0.25, 0.3) is 0 Å². The number of carbonyl (C=O) groups excluding carboxylic acids is 2. The summed E-state index contributed by atoms with van der Waals surface area (Å²) in [6.07, 6.45) is 0. The van der Waals surface area contributed by atoms with E-state index < -0.39 is 5.37 Å². The summed E-state index contributed by atoms with van der Waals surface area (Å²) in [5.41, 5.74) is 1.26. The SMILES string of the molecule is CC(=O)NC1=NN(C(C)=O)[C@@H](c2ccc(OCc3ccccc3F)c(Br)c2)S1. The van der Waals surface area contributed by atoms with Crippen molar-refractivity contribution in [3.05, 3.63) is 63.9 Å². The molecule has 1 atom stereocenters. The van der Waals surface area contributed by atoms with Gasteiger partial charge in [-0.1, -0.05) is 36.0 Å². The van der Waals surface area contributed by atoms with E-state index in [1.807, 2.05) is 6.07 Å². The molecule has 0 aliphatic carbocycles. The first-order valence-electron chi connectivity index (χ1n) is 8.33.